The lowest BCUT2D eigenvalue weighted by atomic mass is 10.1. The fourth-order valence-corrected chi connectivity index (χ4v) is 1.89. The van der Waals surface area contributed by atoms with Crippen molar-refractivity contribution in [3.63, 3.8) is 0 Å². The number of rotatable bonds is 5. The van der Waals surface area contributed by atoms with E-state index < -0.39 is 0 Å². The molecular formula is C11H19NO. The molecule has 1 heterocycles. The van der Waals surface area contributed by atoms with Crippen molar-refractivity contribution in [1.29, 1.82) is 0 Å². The summed E-state index contributed by atoms with van der Waals surface area (Å²) in [6.45, 7) is 4.48. The second-order valence-corrected chi connectivity index (χ2v) is 3.72. The van der Waals surface area contributed by atoms with Crippen LogP contribution in [0.4, 0.5) is 0 Å². The average Bonchev–Trinajstić information content (AvgIpc) is 2.54. The van der Waals surface area contributed by atoms with Gasteiger partial charge in [0.15, 0.2) is 0 Å². The maximum Gasteiger partial charge on any atom is 0.0503 e. The second kappa shape index (κ2) is 6.01. The van der Waals surface area contributed by atoms with E-state index in [2.05, 4.69) is 10.8 Å². The molecule has 0 aromatic heterocycles. The fraction of sp³-hybridized carbons (Fsp3) is 0.818. The number of hydrogen-bond donors (Lipinski definition) is 0. The van der Waals surface area contributed by atoms with Gasteiger partial charge in [0.2, 0.25) is 0 Å². The molecule has 0 bridgehead atoms. The minimum absolute atomic E-state index is 0.746. The number of likely N-dealkylation sites (tertiary alicyclic amines) is 1. The van der Waals surface area contributed by atoms with Gasteiger partial charge < -0.3 is 9.64 Å². The fourth-order valence-electron chi connectivity index (χ4n) is 1.89. The minimum atomic E-state index is 0.746. The molecule has 13 heavy (non-hydrogen) atoms. The molecule has 1 unspecified atom stereocenters. The van der Waals surface area contributed by atoms with Crippen LogP contribution < -0.4 is 0 Å². The first-order valence-corrected chi connectivity index (χ1v) is 5.01. The summed E-state index contributed by atoms with van der Waals surface area (Å²) in [6.07, 6.45) is 8.52. The second-order valence-electron chi connectivity index (χ2n) is 3.72. The molecule has 0 aromatic carbocycles. The Morgan fingerprint density at radius 1 is 1.62 bits per heavy atom. The highest BCUT2D eigenvalue weighted by atomic mass is 16.5. The zero-order valence-corrected chi connectivity index (χ0v) is 8.46. The number of ether oxygens (including phenoxy) is 1. The maximum atomic E-state index is 5.20. The Labute approximate surface area is 81.3 Å². The third-order valence-electron chi connectivity index (χ3n) is 2.57. The van der Waals surface area contributed by atoms with E-state index in [1.54, 1.807) is 7.11 Å². The summed E-state index contributed by atoms with van der Waals surface area (Å²) in [6, 6.07) is 0. The molecule has 2 heteroatoms. The van der Waals surface area contributed by atoms with Crippen LogP contribution in [-0.2, 0) is 4.74 Å². The molecule has 1 fully saturated rings. The van der Waals surface area contributed by atoms with Gasteiger partial charge >= 0.3 is 0 Å². The van der Waals surface area contributed by atoms with Crippen LogP contribution in [0.15, 0.2) is 0 Å². The topological polar surface area (TPSA) is 12.5 Å². The van der Waals surface area contributed by atoms with Crippen molar-refractivity contribution in [2.24, 2.45) is 5.92 Å². The molecule has 0 aromatic rings. The van der Waals surface area contributed by atoms with Crippen LogP contribution in [0.25, 0.3) is 0 Å². The highest BCUT2D eigenvalue weighted by molar-refractivity contribution is 4.84. The molecule has 0 saturated carbocycles. The highest BCUT2D eigenvalue weighted by Crippen LogP contribution is 2.16. The molecule has 0 spiro atoms. The highest BCUT2D eigenvalue weighted by Gasteiger charge is 2.21. The number of hydrogen-bond acceptors (Lipinski definition) is 2. The largest absolute Gasteiger partial charge is 0.384 e. The van der Waals surface area contributed by atoms with Crippen LogP contribution in [0.1, 0.15) is 19.3 Å². The zero-order chi connectivity index (χ0) is 9.52. The number of terminal acetylenes is 1. The molecular weight excluding hydrogens is 162 g/mol. The lowest BCUT2D eigenvalue weighted by Gasteiger charge is -2.14. The van der Waals surface area contributed by atoms with Crippen LogP contribution >= 0.6 is 0 Å². The summed E-state index contributed by atoms with van der Waals surface area (Å²) < 4.78 is 5.14. The Morgan fingerprint density at radius 2 is 2.46 bits per heavy atom. The van der Waals surface area contributed by atoms with Crippen LogP contribution in [-0.4, -0.2) is 38.3 Å². The van der Waals surface area contributed by atoms with Gasteiger partial charge in [-0.3, -0.25) is 0 Å². The van der Waals surface area contributed by atoms with E-state index in [0.717, 1.165) is 31.9 Å². The quantitative estimate of drug-likeness (QED) is 0.469. The Hall–Kier alpha value is -0.520. The third kappa shape index (κ3) is 3.80. The van der Waals surface area contributed by atoms with Crippen molar-refractivity contribution >= 4 is 0 Å². The van der Waals surface area contributed by atoms with Crippen molar-refractivity contribution in [3.8, 4) is 12.3 Å². The van der Waals surface area contributed by atoms with Gasteiger partial charge in [-0.25, -0.2) is 0 Å². The van der Waals surface area contributed by atoms with Crippen molar-refractivity contribution in [3.05, 3.63) is 0 Å². The molecule has 0 amide bonds. The first kappa shape index (κ1) is 10.6. The van der Waals surface area contributed by atoms with Gasteiger partial charge in [-0.2, -0.15) is 0 Å². The van der Waals surface area contributed by atoms with Gasteiger partial charge in [-0.05, 0) is 31.8 Å². The summed E-state index contributed by atoms with van der Waals surface area (Å²) in [5, 5.41) is 0. The average molecular weight is 181 g/mol. The van der Waals surface area contributed by atoms with Crippen LogP contribution in [0.2, 0.25) is 0 Å². The summed E-state index contributed by atoms with van der Waals surface area (Å²) >= 11 is 0. The van der Waals surface area contributed by atoms with Crippen molar-refractivity contribution < 1.29 is 4.74 Å². The van der Waals surface area contributed by atoms with Gasteiger partial charge in [0, 0.05) is 20.1 Å². The smallest absolute Gasteiger partial charge is 0.0503 e. The zero-order valence-electron chi connectivity index (χ0n) is 8.46. The van der Waals surface area contributed by atoms with Crippen molar-refractivity contribution in [2.45, 2.75) is 19.3 Å². The predicted molar refractivity (Wildman–Crippen MR) is 54.5 cm³/mol. The van der Waals surface area contributed by atoms with Crippen LogP contribution in [0, 0.1) is 18.3 Å². The third-order valence-corrected chi connectivity index (χ3v) is 2.57. The standard InChI is InChI=1S/C11H19NO/c1-3-4-5-7-12-8-6-11(9-12)10-13-2/h1,11H,4-10H2,2H3. The summed E-state index contributed by atoms with van der Waals surface area (Å²) in [5.41, 5.74) is 0. The molecule has 2 nitrogen and oxygen atoms in total. The van der Waals surface area contributed by atoms with E-state index in [-0.39, 0.29) is 0 Å². The molecule has 0 aliphatic carbocycles. The minimum Gasteiger partial charge on any atom is -0.384 e. The Balaban J connectivity index is 2.07. The molecule has 1 aliphatic rings. The Bertz CT molecular complexity index is 173. The molecule has 74 valence electrons. The predicted octanol–water partition coefficient (Wildman–Crippen LogP) is 1.37. The maximum absolute atomic E-state index is 5.20. The number of unbranched alkanes of at least 4 members (excludes halogenated alkanes) is 1. The molecule has 1 aliphatic heterocycles. The summed E-state index contributed by atoms with van der Waals surface area (Å²) in [4.78, 5) is 2.49. The van der Waals surface area contributed by atoms with Gasteiger partial charge in [0.05, 0.1) is 6.61 Å². The van der Waals surface area contributed by atoms with Gasteiger partial charge in [-0.15, -0.1) is 12.3 Å². The molecule has 0 N–H and O–H groups in total. The first-order chi connectivity index (χ1) is 6.36. The number of methoxy groups -OCH3 is 1. The van der Waals surface area contributed by atoms with E-state index in [0.29, 0.717) is 0 Å². The van der Waals surface area contributed by atoms with Gasteiger partial charge in [0.1, 0.15) is 0 Å². The van der Waals surface area contributed by atoms with E-state index >= 15 is 0 Å². The molecule has 0 radical (unpaired) electrons. The van der Waals surface area contributed by atoms with E-state index in [1.807, 2.05) is 0 Å². The van der Waals surface area contributed by atoms with E-state index in [9.17, 15) is 0 Å². The Kier molecular flexibility index (Phi) is 4.88. The van der Waals surface area contributed by atoms with E-state index in [4.69, 9.17) is 11.2 Å². The van der Waals surface area contributed by atoms with Crippen LogP contribution in [0.5, 0.6) is 0 Å². The molecule has 1 rings (SSSR count). The monoisotopic (exact) mass is 181 g/mol. The summed E-state index contributed by atoms with van der Waals surface area (Å²) in [5.74, 6) is 3.42. The lowest BCUT2D eigenvalue weighted by molar-refractivity contribution is 0.153. The van der Waals surface area contributed by atoms with Crippen LogP contribution in [0.3, 0.4) is 0 Å². The van der Waals surface area contributed by atoms with Gasteiger partial charge in [0.25, 0.3) is 0 Å². The SMILES string of the molecule is C#CCCCN1CCC(COC)C1. The molecule has 1 atom stereocenters. The first-order valence-electron chi connectivity index (χ1n) is 5.01. The summed E-state index contributed by atoms with van der Waals surface area (Å²) in [7, 11) is 1.78. The van der Waals surface area contributed by atoms with Crippen molar-refractivity contribution in [2.75, 3.05) is 33.4 Å². The van der Waals surface area contributed by atoms with E-state index in [1.165, 1.54) is 19.5 Å². The molecule has 1 saturated heterocycles. The number of nitrogens with zero attached hydrogens (tertiary/aromatic N) is 1. The van der Waals surface area contributed by atoms with Crippen molar-refractivity contribution in [1.82, 2.24) is 4.90 Å². The Morgan fingerprint density at radius 3 is 3.15 bits per heavy atom. The van der Waals surface area contributed by atoms with Gasteiger partial charge in [-0.1, -0.05) is 0 Å². The normalized spacial score (nSPS) is 23.2. The lowest BCUT2D eigenvalue weighted by Crippen LogP contribution is -2.22.